The lowest BCUT2D eigenvalue weighted by atomic mass is 9.92. The molecule has 0 aliphatic carbocycles. The van der Waals surface area contributed by atoms with Crippen molar-refractivity contribution in [1.82, 2.24) is 5.32 Å². The van der Waals surface area contributed by atoms with Gasteiger partial charge in [0.25, 0.3) is 11.8 Å². The number of rotatable bonds is 4. The minimum atomic E-state index is -0.466. The second-order valence-electron chi connectivity index (χ2n) is 7.48. The quantitative estimate of drug-likeness (QED) is 0.733. The maximum absolute atomic E-state index is 12.7. The molecule has 5 nitrogen and oxygen atoms in total. The Morgan fingerprint density at radius 1 is 1.44 bits per heavy atom. The number of ether oxygens (including phenoxy) is 1. The van der Waals surface area contributed by atoms with E-state index in [0.717, 1.165) is 26.9 Å². The first-order chi connectivity index (χ1) is 12.6. The first kappa shape index (κ1) is 19.5. The summed E-state index contributed by atoms with van der Waals surface area (Å²) in [6.07, 6.45) is 2.54. The third-order valence-electron chi connectivity index (χ3n) is 5.18. The zero-order valence-corrected chi connectivity index (χ0v) is 17.6. The molecule has 0 saturated heterocycles. The number of aliphatic imine (C=N–C) groups is 1. The molecule has 3 rings (SSSR count). The fourth-order valence-electron chi connectivity index (χ4n) is 3.34. The summed E-state index contributed by atoms with van der Waals surface area (Å²) in [5.41, 5.74) is 3.57. The second-order valence-corrected chi connectivity index (χ2v) is 8.33. The Morgan fingerprint density at radius 3 is 2.78 bits per heavy atom. The van der Waals surface area contributed by atoms with E-state index in [1.807, 2.05) is 32.9 Å². The monoisotopic (exact) mass is 430 g/mol. The van der Waals surface area contributed by atoms with Gasteiger partial charge in [0.1, 0.15) is 11.4 Å². The molecular formula is C21H23BrN2O3. The standard InChI is InChI=1S/C21H23BrN2O3/c1-11(2)21(5)9-15-7-14(8-17(22)18(15)27-21)19(25)23-10-16-12(3)6-13(4)24-20(16)26/h6-8,16H,1,9-10H2,2-5H3,(H,23,25). The smallest absolute Gasteiger partial charge is 0.254 e. The summed E-state index contributed by atoms with van der Waals surface area (Å²) < 4.78 is 6.81. The molecule has 2 aliphatic rings. The molecule has 2 amide bonds. The number of carbonyl (C=O) groups is 2. The van der Waals surface area contributed by atoms with Crippen molar-refractivity contribution in [2.75, 3.05) is 6.54 Å². The van der Waals surface area contributed by atoms with Crippen LogP contribution in [0.2, 0.25) is 0 Å². The molecule has 142 valence electrons. The van der Waals surface area contributed by atoms with E-state index in [1.165, 1.54) is 0 Å². The van der Waals surface area contributed by atoms with Crippen LogP contribution in [0.4, 0.5) is 0 Å². The van der Waals surface area contributed by atoms with Gasteiger partial charge in [-0.2, -0.15) is 0 Å². The highest BCUT2D eigenvalue weighted by Gasteiger charge is 2.37. The molecule has 0 aromatic heterocycles. The van der Waals surface area contributed by atoms with Gasteiger partial charge in [0.15, 0.2) is 0 Å². The van der Waals surface area contributed by atoms with E-state index in [4.69, 9.17) is 4.74 Å². The molecule has 6 heteroatoms. The highest BCUT2D eigenvalue weighted by molar-refractivity contribution is 9.10. The average Bonchev–Trinajstić information content (AvgIpc) is 2.92. The van der Waals surface area contributed by atoms with Crippen molar-refractivity contribution in [3.63, 3.8) is 0 Å². The normalized spacial score (nSPS) is 23.9. The summed E-state index contributed by atoms with van der Waals surface area (Å²) in [6, 6.07) is 3.59. The van der Waals surface area contributed by atoms with Crippen molar-refractivity contribution in [3.8, 4) is 5.75 Å². The van der Waals surface area contributed by atoms with Crippen molar-refractivity contribution in [1.29, 1.82) is 0 Å². The largest absolute Gasteiger partial charge is 0.481 e. The van der Waals surface area contributed by atoms with Crippen molar-refractivity contribution in [2.45, 2.75) is 39.7 Å². The molecule has 1 N–H and O–H groups in total. The summed E-state index contributed by atoms with van der Waals surface area (Å²) in [6.45, 7) is 11.8. The molecule has 2 atom stereocenters. The van der Waals surface area contributed by atoms with Crippen LogP contribution in [0, 0.1) is 5.92 Å². The predicted molar refractivity (Wildman–Crippen MR) is 109 cm³/mol. The second kappa shape index (κ2) is 7.08. The highest BCUT2D eigenvalue weighted by Crippen LogP contribution is 2.43. The Labute approximate surface area is 167 Å². The zero-order valence-electron chi connectivity index (χ0n) is 16.0. The van der Waals surface area contributed by atoms with Crippen molar-refractivity contribution >= 4 is 33.5 Å². The summed E-state index contributed by atoms with van der Waals surface area (Å²) in [5.74, 6) is -0.100. The predicted octanol–water partition coefficient (Wildman–Crippen LogP) is 4.01. The summed E-state index contributed by atoms with van der Waals surface area (Å²) in [4.78, 5) is 28.7. The van der Waals surface area contributed by atoms with E-state index in [0.29, 0.717) is 17.7 Å². The SMILES string of the molecule is C=C(C)C1(C)Cc2cc(C(=O)NCC3C(=O)N=C(C)C=C3C)cc(Br)c2O1. The van der Waals surface area contributed by atoms with Gasteiger partial charge in [-0.3, -0.25) is 9.59 Å². The molecule has 2 heterocycles. The number of fused-ring (bicyclic) bond motifs is 1. The minimum absolute atomic E-state index is 0.214. The van der Waals surface area contributed by atoms with Gasteiger partial charge in [-0.1, -0.05) is 12.2 Å². The number of amides is 2. The van der Waals surface area contributed by atoms with Crippen LogP contribution in [-0.4, -0.2) is 29.7 Å². The van der Waals surface area contributed by atoms with Crippen LogP contribution in [-0.2, 0) is 11.2 Å². The van der Waals surface area contributed by atoms with Crippen LogP contribution in [0.3, 0.4) is 0 Å². The van der Waals surface area contributed by atoms with Crippen LogP contribution in [0.5, 0.6) is 5.75 Å². The maximum atomic E-state index is 12.7. The number of nitrogens with one attached hydrogen (secondary N) is 1. The molecule has 0 spiro atoms. The maximum Gasteiger partial charge on any atom is 0.254 e. The average molecular weight is 431 g/mol. The van der Waals surface area contributed by atoms with Gasteiger partial charge in [0.2, 0.25) is 0 Å². The topological polar surface area (TPSA) is 67.8 Å². The molecule has 2 unspecified atom stereocenters. The van der Waals surface area contributed by atoms with Crippen LogP contribution < -0.4 is 10.1 Å². The lowest BCUT2D eigenvalue weighted by Crippen LogP contribution is -2.34. The van der Waals surface area contributed by atoms with Crippen molar-refractivity contribution in [3.05, 3.63) is 51.5 Å². The van der Waals surface area contributed by atoms with Crippen LogP contribution >= 0.6 is 15.9 Å². The fraction of sp³-hybridized carbons (Fsp3) is 0.381. The first-order valence-corrected chi connectivity index (χ1v) is 9.63. The summed E-state index contributed by atoms with van der Waals surface area (Å²) in [5, 5.41) is 2.86. The number of allylic oxidation sites excluding steroid dienone is 1. The van der Waals surface area contributed by atoms with E-state index in [2.05, 4.69) is 32.8 Å². The zero-order chi connectivity index (χ0) is 19.9. The molecule has 1 aromatic rings. The van der Waals surface area contributed by atoms with E-state index in [-0.39, 0.29) is 18.4 Å². The van der Waals surface area contributed by atoms with Gasteiger partial charge in [-0.15, -0.1) is 0 Å². The Balaban J connectivity index is 1.74. The first-order valence-electron chi connectivity index (χ1n) is 8.83. The third-order valence-corrected chi connectivity index (χ3v) is 5.77. The number of hydrogen-bond donors (Lipinski definition) is 1. The molecule has 0 radical (unpaired) electrons. The van der Waals surface area contributed by atoms with E-state index >= 15 is 0 Å². The van der Waals surface area contributed by atoms with Gasteiger partial charge in [-0.05, 0) is 67.4 Å². The number of benzene rings is 1. The number of halogens is 1. The Morgan fingerprint density at radius 2 is 2.15 bits per heavy atom. The van der Waals surface area contributed by atoms with Gasteiger partial charge < -0.3 is 10.1 Å². The van der Waals surface area contributed by atoms with Gasteiger partial charge in [0.05, 0.1) is 10.4 Å². The number of nitrogens with zero attached hydrogens (tertiary/aromatic N) is 1. The van der Waals surface area contributed by atoms with Crippen molar-refractivity contribution in [2.24, 2.45) is 10.9 Å². The minimum Gasteiger partial charge on any atom is -0.481 e. The molecule has 0 fully saturated rings. The lowest BCUT2D eigenvalue weighted by Gasteiger charge is -2.24. The molecule has 0 bridgehead atoms. The number of hydrogen-bond acceptors (Lipinski definition) is 3. The van der Waals surface area contributed by atoms with Gasteiger partial charge in [0, 0.05) is 29.8 Å². The summed E-state index contributed by atoms with van der Waals surface area (Å²) in [7, 11) is 0. The lowest BCUT2D eigenvalue weighted by molar-refractivity contribution is -0.120. The number of dihydropyridines is 1. The Kier molecular flexibility index (Phi) is 5.12. The fourth-order valence-corrected chi connectivity index (χ4v) is 3.93. The van der Waals surface area contributed by atoms with E-state index in [1.54, 1.807) is 13.0 Å². The molecule has 0 saturated carbocycles. The molecule has 2 aliphatic heterocycles. The summed E-state index contributed by atoms with van der Waals surface area (Å²) >= 11 is 3.50. The van der Waals surface area contributed by atoms with Crippen LogP contribution in [0.15, 0.2) is 45.4 Å². The van der Waals surface area contributed by atoms with Crippen molar-refractivity contribution < 1.29 is 14.3 Å². The van der Waals surface area contributed by atoms with E-state index in [9.17, 15) is 9.59 Å². The van der Waals surface area contributed by atoms with Gasteiger partial charge in [-0.25, -0.2) is 4.99 Å². The molecular weight excluding hydrogens is 408 g/mol. The Hall–Kier alpha value is -2.21. The molecule has 27 heavy (non-hydrogen) atoms. The van der Waals surface area contributed by atoms with E-state index < -0.39 is 11.5 Å². The highest BCUT2D eigenvalue weighted by atomic mass is 79.9. The van der Waals surface area contributed by atoms with Crippen LogP contribution in [0.1, 0.15) is 43.6 Å². The Bertz CT molecular complexity index is 916. The van der Waals surface area contributed by atoms with Crippen LogP contribution in [0.25, 0.3) is 0 Å². The molecule has 1 aromatic carbocycles. The van der Waals surface area contributed by atoms with Gasteiger partial charge >= 0.3 is 0 Å². The third kappa shape index (κ3) is 3.76. The number of carbonyl (C=O) groups excluding carboxylic acids is 2.